The Morgan fingerprint density at radius 3 is 2.67 bits per heavy atom. The zero-order valence-electron chi connectivity index (χ0n) is 11.8. The number of phenols is 1. The van der Waals surface area contributed by atoms with Crippen molar-refractivity contribution in [2.75, 3.05) is 18.6 Å². The Kier molecular flexibility index (Phi) is 4.42. The summed E-state index contributed by atoms with van der Waals surface area (Å²) in [5.74, 6) is -1.00. The monoisotopic (exact) mass is 289 g/mol. The average Bonchev–Trinajstić information content (AvgIpc) is 2.51. The van der Waals surface area contributed by atoms with Crippen LogP contribution in [0.15, 0.2) is 42.5 Å². The van der Waals surface area contributed by atoms with E-state index in [9.17, 15) is 14.3 Å². The molecule has 0 aliphatic heterocycles. The first kappa shape index (κ1) is 14.8. The van der Waals surface area contributed by atoms with E-state index in [1.165, 1.54) is 17.0 Å². The summed E-state index contributed by atoms with van der Waals surface area (Å²) >= 11 is 0. The van der Waals surface area contributed by atoms with Crippen molar-refractivity contribution in [3.63, 3.8) is 0 Å². The molecule has 1 N–H and O–H groups in total. The van der Waals surface area contributed by atoms with Gasteiger partial charge < -0.3 is 14.7 Å². The summed E-state index contributed by atoms with van der Waals surface area (Å²) in [4.78, 5) is 14.0. The van der Waals surface area contributed by atoms with Crippen molar-refractivity contribution in [2.24, 2.45) is 0 Å². The van der Waals surface area contributed by atoms with Crippen LogP contribution in [0, 0.1) is 5.82 Å². The predicted molar refractivity (Wildman–Crippen MR) is 78.4 cm³/mol. The molecular formula is C16H16FNO3. The van der Waals surface area contributed by atoms with Crippen LogP contribution in [0.3, 0.4) is 0 Å². The van der Waals surface area contributed by atoms with Gasteiger partial charge in [-0.05, 0) is 37.3 Å². The molecule has 110 valence electrons. The fraction of sp³-hybridized carbons (Fsp3) is 0.188. The lowest BCUT2D eigenvalue weighted by molar-refractivity contribution is 0.0988. The number of methoxy groups -OCH3 is 1. The first-order valence-corrected chi connectivity index (χ1v) is 6.51. The summed E-state index contributed by atoms with van der Waals surface area (Å²) in [5.41, 5.74) is 0.838. The number of amides is 1. The molecule has 2 rings (SSSR count). The van der Waals surface area contributed by atoms with E-state index in [-0.39, 0.29) is 11.5 Å². The normalized spacial score (nSPS) is 10.2. The van der Waals surface area contributed by atoms with Gasteiger partial charge in [-0.1, -0.05) is 6.07 Å². The van der Waals surface area contributed by atoms with Gasteiger partial charge in [-0.15, -0.1) is 0 Å². The summed E-state index contributed by atoms with van der Waals surface area (Å²) in [6, 6.07) is 10.7. The molecule has 0 bridgehead atoms. The quantitative estimate of drug-likeness (QED) is 0.940. The molecule has 4 nitrogen and oxygen atoms in total. The Morgan fingerprint density at radius 1 is 1.29 bits per heavy atom. The molecule has 0 unspecified atom stereocenters. The van der Waals surface area contributed by atoms with Crippen LogP contribution in [-0.4, -0.2) is 24.7 Å². The number of halogens is 1. The van der Waals surface area contributed by atoms with E-state index in [1.54, 1.807) is 31.4 Å². The first-order valence-electron chi connectivity index (χ1n) is 6.51. The van der Waals surface area contributed by atoms with Crippen LogP contribution in [0.5, 0.6) is 11.5 Å². The second-order valence-electron chi connectivity index (χ2n) is 4.42. The molecule has 0 aromatic heterocycles. The fourth-order valence-electron chi connectivity index (χ4n) is 2.02. The van der Waals surface area contributed by atoms with Crippen LogP contribution in [0.25, 0.3) is 0 Å². The molecule has 0 atom stereocenters. The molecule has 5 heteroatoms. The molecule has 0 saturated heterocycles. The molecule has 0 heterocycles. The van der Waals surface area contributed by atoms with Gasteiger partial charge in [0.1, 0.15) is 5.75 Å². The van der Waals surface area contributed by atoms with Crippen molar-refractivity contribution in [1.82, 2.24) is 0 Å². The van der Waals surface area contributed by atoms with Gasteiger partial charge in [0, 0.05) is 23.9 Å². The highest BCUT2D eigenvalue weighted by Gasteiger charge is 2.18. The number of hydrogen-bond donors (Lipinski definition) is 1. The van der Waals surface area contributed by atoms with Crippen LogP contribution >= 0.6 is 0 Å². The third-order valence-corrected chi connectivity index (χ3v) is 3.12. The molecule has 0 radical (unpaired) electrons. The van der Waals surface area contributed by atoms with Crippen molar-refractivity contribution in [3.05, 3.63) is 53.8 Å². The summed E-state index contributed by atoms with van der Waals surface area (Å²) in [6.07, 6.45) is 0. The maximum absolute atomic E-state index is 13.4. The first-order chi connectivity index (χ1) is 10.1. The number of benzene rings is 2. The molecule has 0 saturated carbocycles. The summed E-state index contributed by atoms with van der Waals surface area (Å²) in [5, 5.41) is 9.19. The lowest BCUT2D eigenvalue weighted by atomic mass is 10.1. The van der Waals surface area contributed by atoms with Gasteiger partial charge >= 0.3 is 0 Å². The smallest absolute Gasteiger partial charge is 0.258 e. The van der Waals surface area contributed by atoms with Gasteiger partial charge in [0.25, 0.3) is 5.91 Å². The zero-order chi connectivity index (χ0) is 15.4. The summed E-state index contributed by atoms with van der Waals surface area (Å²) in [6.45, 7) is 2.25. The maximum Gasteiger partial charge on any atom is 0.258 e. The van der Waals surface area contributed by atoms with Crippen LogP contribution in [0.1, 0.15) is 17.3 Å². The minimum atomic E-state index is -0.817. The summed E-state index contributed by atoms with van der Waals surface area (Å²) < 4.78 is 18.5. The van der Waals surface area contributed by atoms with Gasteiger partial charge in [0.05, 0.1) is 7.11 Å². The van der Waals surface area contributed by atoms with Crippen molar-refractivity contribution >= 4 is 11.6 Å². The van der Waals surface area contributed by atoms with E-state index in [0.717, 1.165) is 6.07 Å². The molecular weight excluding hydrogens is 273 g/mol. The third-order valence-electron chi connectivity index (χ3n) is 3.12. The summed E-state index contributed by atoms with van der Waals surface area (Å²) in [7, 11) is 1.55. The number of anilines is 1. The number of hydrogen-bond acceptors (Lipinski definition) is 3. The van der Waals surface area contributed by atoms with Crippen molar-refractivity contribution in [2.45, 2.75) is 6.92 Å². The number of carbonyl (C=O) groups is 1. The topological polar surface area (TPSA) is 49.8 Å². The zero-order valence-corrected chi connectivity index (χ0v) is 11.8. The minimum absolute atomic E-state index is 0.176. The Hall–Kier alpha value is -2.56. The number of nitrogens with zero attached hydrogens (tertiary/aromatic N) is 1. The molecule has 0 aliphatic carbocycles. The van der Waals surface area contributed by atoms with Gasteiger partial charge in [0.15, 0.2) is 11.6 Å². The standard InChI is InChI=1S/C16H16FNO3/c1-3-18(12-5-4-6-13(10-12)21-2)16(20)11-7-8-15(19)14(17)9-11/h4-10,19H,3H2,1-2H3. The van der Waals surface area contributed by atoms with Crippen LogP contribution < -0.4 is 9.64 Å². The van der Waals surface area contributed by atoms with Crippen molar-refractivity contribution < 1.29 is 19.0 Å². The van der Waals surface area contributed by atoms with E-state index in [2.05, 4.69) is 0 Å². The Labute approximate surface area is 122 Å². The van der Waals surface area contributed by atoms with Crippen molar-refractivity contribution in [3.8, 4) is 11.5 Å². The number of rotatable bonds is 4. The lowest BCUT2D eigenvalue weighted by Crippen LogP contribution is -2.30. The minimum Gasteiger partial charge on any atom is -0.505 e. The van der Waals surface area contributed by atoms with Crippen molar-refractivity contribution in [1.29, 1.82) is 0 Å². The highest BCUT2D eigenvalue weighted by Crippen LogP contribution is 2.24. The molecule has 0 spiro atoms. The molecule has 2 aromatic carbocycles. The van der Waals surface area contributed by atoms with Crippen LogP contribution in [-0.2, 0) is 0 Å². The SMILES string of the molecule is CCN(C(=O)c1ccc(O)c(F)c1)c1cccc(OC)c1. The molecule has 2 aromatic rings. The number of carbonyl (C=O) groups excluding carboxylic acids is 1. The number of aromatic hydroxyl groups is 1. The van der Waals surface area contributed by atoms with E-state index < -0.39 is 11.6 Å². The van der Waals surface area contributed by atoms with Crippen LogP contribution in [0.2, 0.25) is 0 Å². The second kappa shape index (κ2) is 6.26. The molecule has 21 heavy (non-hydrogen) atoms. The van der Waals surface area contributed by atoms with Gasteiger partial charge in [0.2, 0.25) is 0 Å². The third kappa shape index (κ3) is 3.13. The molecule has 1 amide bonds. The predicted octanol–water partition coefficient (Wildman–Crippen LogP) is 3.21. The van der Waals surface area contributed by atoms with E-state index >= 15 is 0 Å². The maximum atomic E-state index is 13.4. The van der Waals surface area contributed by atoms with E-state index in [0.29, 0.717) is 18.0 Å². The Morgan fingerprint density at radius 2 is 2.05 bits per heavy atom. The highest BCUT2D eigenvalue weighted by molar-refractivity contribution is 6.06. The average molecular weight is 289 g/mol. The van der Waals surface area contributed by atoms with Gasteiger partial charge in [-0.2, -0.15) is 0 Å². The van der Waals surface area contributed by atoms with Gasteiger partial charge in [-0.3, -0.25) is 4.79 Å². The molecule has 0 aliphatic rings. The lowest BCUT2D eigenvalue weighted by Gasteiger charge is -2.21. The number of ether oxygens (including phenoxy) is 1. The fourth-order valence-corrected chi connectivity index (χ4v) is 2.02. The van der Waals surface area contributed by atoms with E-state index in [1.807, 2.05) is 6.92 Å². The number of phenolic OH excluding ortho intramolecular Hbond substituents is 1. The molecule has 0 fully saturated rings. The van der Waals surface area contributed by atoms with Crippen LogP contribution in [0.4, 0.5) is 10.1 Å². The highest BCUT2D eigenvalue weighted by atomic mass is 19.1. The second-order valence-corrected chi connectivity index (χ2v) is 4.42. The van der Waals surface area contributed by atoms with E-state index in [4.69, 9.17) is 4.74 Å². The Balaban J connectivity index is 2.35. The Bertz CT molecular complexity index is 658. The largest absolute Gasteiger partial charge is 0.505 e. The van der Waals surface area contributed by atoms with Gasteiger partial charge in [-0.25, -0.2) is 4.39 Å².